The maximum Gasteiger partial charge on any atom is 0.308 e. The van der Waals surface area contributed by atoms with Gasteiger partial charge in [-0.15, -0.1) is 0 Å². The third-order valence-corrected chi connectivity index (χ3v) is 8.54. The third-order valence-electron chi connectivity index (χ3n) is 8.54. The van der Waals surface area contributed by atoms with E-state index in [2.05, 4.69) is 13.8 Å². The fraction of sp³-hybridized carbons (Fsp3) is 0.955. The Morgan fingerprint density at radius 1 is 1.17 bits per heavy atom. The van der Waals surface area contributed by atoms with E-state index in [-0.39, 0.29) is 47.8 Å². The van der Waals surface area contributed by atoms with Crippen LogP contribution in [0.5, 0.6) is 0 Å². The molecular weight excluding hydrogens is 376 g/mol. The second kappa shape index (κ2) is 6.16. The van der Waals surface area contributed by atoms with Gasteiger partial charge in [-0.25, -0.2) is 0 Å². The number of carbonyl (C=O) groups excluding carboxylic acids is 1. The van der Waals surface area contributed by atoms with Gasteiger partial charge in [0.05, 0.1) is 44.6 Å². The molecule has 1 spiro atoms. The average molecular weight is 411 g/mol. The first-order chi connectivity index (χ1) is 13.6. The van der Waals surface area contributed by atoms with Gasteiger partial charge in [-0.05, 0) is 39.0 Å². The molecule has 2 heterocycles. The molecule has 3 saturated carbocycles. The van der Waals surface area contributed by atoms with Gasteiger partial charge in [0.2, 0.25) is 0 Å². The van der Waals surface area contributed by atoms with Crippen molar-refractivity contribution in [3.63, 3.8) is 0 Å². The van der Waals surface area contributed by atoms with Crippen LogP contribution in [0.15, 0.2) is 0 Å². The lowest BCUT2D eigenvalue weighted by molar-refractivity contribution is -0.246. The molecule has 0 radical (unpaired) electrons. The Balaban J connectivity index is 1.60. The lowest BCUT2D eigenvalue weighted by atomic mass is 9.55. The predicted octanol–water partition coefficient (Wildman–Crippen LogP) is 2.25. The largest absolute Gasteiger partial charge is 0.466 e. The van der Waals surface area contributed by atoms with E-state index in [0.717, 1.165) is 6.42 Å². The lowest BCUT2D eigenvalue weighted by Crippen LogP contribution is -2.61. The van der Waals surface area contributed by atoms with Crippen LogP contribution in [0.2, 0.25) is 0 Å². The molecule has 3 aliphatic carbocycles. The van der Waals surface area contributed by atoms with E-state index in [1.54, 1.807) is 6.92 Å². The van der Waals surface area contributed by atoms with E-state index >= 15 is 0 Å². The van der Waals surface area contributed by atoms with Gasteiger partial charge in [0.1, 0.15) is 0 Å². The summed E-state index contributed by atoms with van der Waals surface area (Å²) in [6.45, 7) is 11.5. The van der Waals surface area contributed by atoms with Crippen LogP contribution in [0.4, 0.5) is 0 Å². The van der Waals surface area contributed by atoms with Crippen LogP contribution in [-0.2, 0) is 28.5 Å². The molecule has 7 nitrogen and oxygen atoms in total. The summed E-state index contributed by atoms with van der Waals surface area (Å²) in [5, 5.41) is 11.6. The summed E-state index contributed by atoms with van der Waals surface area (Å²) in [5.74, 6) is -1.60. The van der Waals surface area contributed by atoms with E-state index in [9.17, 15) is 9.90 Å². The van der Waals surface area contributed by atoms with Crippen LogP contribution in [0.1, 0.15) is 53.9 Å². The van der Waals surface area contributed by atoms with Gasteiger partial charge in [-0.3, -0.25) is 4.79 Å². The Hall–Kier alpha value is -0.730. The van der Waals surface area contributed by atoms with Crippen molar-refractivity contribution in [3.05, 3.63) is 0 Å². The van der Waals surface area contributed by atoms with Crippen molar-refractivity contribution >= 4 is 5.97 Å². The molecule has 0 amide bonds. The van der Waals surface area contributed by atoms with E-state index in [4.69, 9.17) is 23.7 Å². The second-order valence-corrected chi connectivity index (χ2v) is 10.4. The van der Waals surface area contributed by atoms with Crippen LogP contribution in [0.25, 0.3) is 0 Å². The number of hydrogen-bond donors (Lipinski definition) is 1. The van der Waals surface area contributed by atoms with Crippen LogP contribution >= 0.6 is 0 Å². The number of carbonyl (C=O) groups is 1. The van der Waals surface area contributed by atoms with Gasteiger partial charge in [0, 0.05) is 23.2 Å². The van der Waals surface area contributed by atoms with Gasteiger partial charge in [0.15, 0.2) is 11.6 Å². The number of ether oxygens (including phenoxy) is 5. The maximum absolute atomic E-state index is 12.3. The minimum atomic E-state index is -0.839. The molecular formula is C22H34O7. The monoisotopic (exact) mass is 410 g/mol. The highest BCUT2D eigenvalue weighted by Gasteiger charge is 2.84. The molecule has 1 unspecified atom stereocenters. The molecule has 0 aromatic rings. The molecule has 0 aromatic heterocycles. The number of hydrogen-bond acceptors (Lipinski definition) is 7. The number of aliphatic hydroxyl groups is 1. The number of aliphatic hydroxyl groups excluding tert-OH is 1. The summed E-state index contributed by atoms with van der Waals surface area (Å²) < 4.78 is 30.5. The summed E-state index contributed by atoms with van der Waals surface area (Å²) in [6.07, 6.45) is 0.578. The Labute approximate surface area is 172 Å². The Morgan fingerprint density at radius 2 is 1.86 bits per heavy atom. The molecule has 7 heteroatoms. The number of fused-ring (bicyclic) bond motifs is 9. The van der Waals surface area contributed by atoms with Gasteiger partial charge in [-0.2, -0.15) is 0 Å². The van der Waals surface area contributed by atoms with Crippen LogP contribution in [-0.4, -0.2) is 60.8 Å². The number of rotatable bonds is 4. The average Bonchev–Trinajstić information content (AvgIpc) is 3.36. The van der Waals surface area contributed by atoms with Gasteiger partial charge in [-0.1, -0.05) is 13.8 Å². The molecule has 5 rings (SSSR count). The van der Waals surface area contributed by atoms with E-state index < -0.39 is 23.1 Å². The SMILES string of the molecule is CCOC(=O)CC(O)[C@@]12[C@H](C)CC3(OCCO3)[C@@H]1[C@@]1(C)C[C@@H]2[C@@H]2OC(C)(C)O[C@@H]21. The van der Waals surface area contributed by atoms with Crippen molar-refractivity contribution in [1.82, 2.24) is 0 Å². The first-order valence-corrected chi connectivity index (χ1v) is 11.1. The van der Waals surface area contributed by atoms with Crippen molar-refractivity contribution in [2.45, 2.75) is 83.8 Å². The van der Waals surface area contributed by atoms with Crippen molar-refractivity contribution in [3.8, 4) is 0 Å². The molecule has 0 aromatic carbocycles. The zero-order chi connectivity index (χ0) is 20.8. The van der Waals surface area contributed by atoms with Crippen molar-refractivity contribution in [2.75, 3.05) is 19.8 Å². The molecule has 5 aliphatic rings. The summed E-state index contributed by atoms with van der Waals surface area (Å²) >= 11 is 0. The summed E-state index contributed by atoms with van der Waals surface area (Å²) in [4.78, 5) is 12.3. The predicted molar refractivity (Wildman–Crippen MR) is 102 cm³/mol. The third kappa shape index (κ3) is 2.39. The normalized spacial score (nSPS) is 49.4. The lowest BCUT2D eigenvalue weighted by Gasteiger charge is -2.53. The maximum atomic E-state index is 12.3. The molecule has 8 atom stereocenters. The van der Waals surface area contributed by atoms with Crippen LogP contribution < -0.4 is 0 Å². The highest BCUT2D eigenvalue weighted by atomic mass is 16.8. The standard InChI is InChI=1S/C22H34O7/c1-6-25-15(24)9-14(23)22-12(2)10-21(26-7-8-27-21)18(22)20(5)11-13(22)16-17(20)29-19(3,4)28-16/h12-14,16-18,23H,6-11H2,1-5H3/t12-,13-,14?,16+,17+,18+,20+,22+/m1/s1. The highest BCUT2D eigenvalue weighted by Crippen LogP contribution is 2.79. The minimum Gasteiger partial charge on any atom is -0.466 e. The number of esters is 1. The molecule has 1 N–H and O–H groups in total. The first kappa shape index (κ1) is 20.2. The van der Waals surface area contributed by atoms with Crippen molar-refractivity contribution in [2.24, 2.45) is 28.6 Å². The fourth-order valence-electron chi connectivity index (χ4n) is 8.16. The van der Waals surface area contributed by atoms with E-state index in [1.807, 2.05) is 13.8 Å². The molecule has 164 valence electrons. The van der Waals surface area contributed by atoms with E-state index in [1.165, 1.54) is 0 Å². The van der Waals surface area contributed by atoms with Gasteiger partial charge < -0.3 is 28.8 Å². The zero-order valence-corrected chi connectivity index (χ0v) is 18.1. The highest BCUT2D eigenvalue weighted by molar-refractivity contribution is 5.70. The van der Waals surface area contributed by atoms with Crippen LogP contribution in [0, 0.1) is 28.6 Å². The molecule has 2 aliphatic heterocycles. The van der Waals surface area contributed by atoms with Gasteiger partial charge in [0.25, 0.3) is 0 Å². The Kier molecular flexibility index (Phi) is 4.29. The van der Waals surface area contributed by atoms with Crippen LogP contribution in [0.3, 0.4) is 0 Å². The smallest absolute Gasteiger partial charge is 0.308 e. The summed E-state index contributed by atoms with van der Waals surface area (Å²) in [5.41, 5.74) is -0.787. The molecule has 2 saturated heterocycles. The molecule has 2 bridgehead atoms. The second-order valence-electron chi connectivity index (χ2n) is 10.4. The van der Waals surface area contributed by atoms with E-state index in [0.29, 0.717) is 26.2 Å². The quantitative estimate of drug-likeness (QED) is 0.712. The summed E-state index contributed by atoms with van der Waals surface area (Å²) in [6, 6.07) is 0. The topological polar surface area (TPSA) is 83.5 Å². The van der Waals surface area contributed by atoms with Gasteiger partial charge >= 0.3 is 5.97 Å². The minimum absolute atomic E-state index is 0.0149. The summed E-state index contributed by atoms with van der Waals surface area (Å²) in [7, 11) is 0. The molecule has 29 heavy (non-hydrogen) atoms. The van der Waals surface area contributed by atoms with Crippen molar-refractivity contribution < 1.29 is 33.6 Å². The van der Waals surface area contributed by atoms with Crippen molar-refractivity contribution in [1.29, 1.82) is 0 Å². The Morgan fingerprint density at radius 3 is 2.52 bits per heavy atom. The first-order valence-electron chi connectivity index (χ1n) is 11.1. The molecule has 5 fully saturated rings. The fourth-order valence-corrected chi connectivity index (χ4v) is 8.16. The zero-order valence-electron chi connectivity index (χ0n) is 18.1. The Bertz CT molecular complexity index is 701.